The van der Waals surface area contributed by atoms with Crippen LogP contribution in [0, 0.1) is 0 Å². The number of likely N-dealkylation sites (tertiary alicyclic amines) is 1. The van der Waals surface area contributed by atoms with Gasteiger partial charge in [0.15, 0.2) is 0 Å². The number of piperidine rings is 1. The third-order valence-electron chi connectivity index (χ3n) is 3.83. The van der Waals surface area contributed by atoms with Crippen LogP contribution in [-0.2, 0) is 9.53 Å². The summed E-state index contributed by atoms with van der Waals surface area (Å²) in [5, 5.41) is 10.4. The number of aliphatic hydroxyl groups is 1. The smallest absolute Gasteiger partial charge is 0.417 e. The Balaban J connectivity index is 2.11. The number of benzene rings is 1. The zero-order chi connectivity index (χ0) is 17.0. The Morgan fingerprint density at radius 3 is 2.61 bits per heavy atom. The molecule has 1 aromatic carbocycles. The van der Waals surface area contributed by atoms with Gasteiger partial charge in [-0.05, 0) is 45.6 Å². The van der Waals surface area contributed by atoms with Crippen molar-refractivity contribution in [2.75, 3.05) is 0 Å². The molecule has 0 aliphatic carbocycles. The number of hydrogen-bond acceptors (Lipinski definition) is 4. The van der Waals surface area contributed by atoms with E-state index in [9.17, 15) is 14.7 Å². The minimum atomic E-state index is -0.711. The number of imide groups is 1. The number of nitrogens with zero attached hydrogens (tertiary/aromatic N) is 1. The highest BCUT2D eigenvalue weighted by Crippen LogP contribution is 2.28. The van der Waals surface area contributed by atoms with E-state index in [0.29, 0.717) is 19.3 Å². The normalized spacial score (nSPS) is 20.3. The molecule has 126 valence electrons. The summed E-state index contributed by atoms with van der Waals surface area (Å²) in [5.41, 5.74) is 0.131. The van der Waals surface area contributed by atoms with Gasteiger partial charge in [0.1, 0.15) is 5.60 Å². The maximum absolute atomic E-state index is 12.4. The molecular formula is C18H25NO4. The van der Waals surface area contributed by atoms with Gasteiger partial charge >= 0.3 is 6.09 Å². The summed E-state index contributed by atoms with van der Waals surface area (Å²) < 4.78 is 5.35. The highest BCUT2D eigenvalue weighted by molar-refractivity contribution is 5.93. The minimum absolute atomic E-state index is 0.226. The molecule has 2 rings (SSSR count). The van der Waals surface area contributed by atoms with E-state index < -0.39 is 17.8 Å². The summed E-state index contributed by atoms with van der Waals surface area (Å²) in [6.45, 7) is 5.31. The van der Waals surface area contributed by atoms with Gasteiger partial charge in [-0.3, -0.25) is 4.79 Å². The van der Waals surface area contributed by atoms with Crippen molar-refractivity contribution in [1.82, 2.24) is 4.90 Å². The largest absolute Gasteiger partial charge is 0.443 e. The van der Waals surface area contributed by atoms with Crippen LogP contribution in [0.1, 0.15) is 58.1 Å². The third-order valence-corrected chi connectivity index (χ3v) is 3.83. The lowest BCUT2D eigenvalue weighted by Crippen LogP contribution is -2.49. The lowest BCUT2D eigenvalue weighted by molar-refractivity contribution is -0.135. The zero-order valence-corrected chi connectivity index (χ0v) is 14.0. The molecule has 0 aromatic heterocycles. The SMILES string of the molecule is CC(C)(C)OC(=O)N1C(=O)CCC[C@@H]1C[C@H](O)c1ccccc1. The predicted octanol–water partition coefficient (Wildman–Crippen LogP) is 3.43. The maximum atomic E-state index is 12.4. The summed E-state index contributed by atoms with van der Waals surface area (Å²) in [6, 6.07) is 8.95. The standard InChI is InChI=1S/C18H25NO4/c1-18(2,3)23-17(22)19-14(10-7-11-16(19)21)12-15(20)13-8-5-4-6-9-13/h4-6,8-9,14-15,20H,7,10-12H2,1-3H3/t14-,15+/m1/s1. The fourth-order valence-corrected chi connectivity index (χ4v) is 2.80. The Bertz CT molecular complexity index is 550. The number of hydrogen-bond donors (Lipinski definition) is 1. The van der Waals surface area contributed by atoms with Crippen molar-refractivity contribution in [2.24, 2.45) is 0 Å². The van der Waals surface area contributed by atoms with E-state index >= 15 is 0 Å². The molecule has 0 spiro atoms. The number of carbonyl (C=O) groups excluding carboxylic acids is 2. The molecule has 5 heteroatoms. The van der Waals surface area contributed by atoms with Gasteiger partial charge in [0.25, 0.3) is 0 Å². The van der Waals surface area contributed by atoms with Gasteiger partial charge in [-0.15, -0.1) is 0 Å². The molecule has 2 amide bonds. The van der Waals surface area contributed by atoms with Gasteiger partial charge in [-0.2, -0.15) is 0 Å². The molecule has 5 nitrogen and oxygen atoms in total. The third kappa shape index (κ3) is 4.79. The molecule has 0 bridgehead atoms. The number of rotatable bonds is 3. The monoisotopic (exact) mass is 319 g/mol. The van der Waals surface area contributed by atoms with Crippen LogP contribution in [-0.4, -0.2) is 33.6 Å². The molecule has 1 aromatic rings. The number of amides is 2. The van der Waals surface area contributed by atoms with Crippen molar-refractivity contribution in [3.8, 4) is 0 Å². The molecule has 23 heavy (non-hydrogen) atoms. The summed E-state index contributed by atoms with van der Waals surface area (Å²) in [5.74, 6) is -0.226. The summed E-state index contributed by atoms with van der Waals surface area (Å²) in [4.78, 5) is 25.7. The van der Waals surface area contributed by atoms with Gasteiger partial charge in [0.05, 0.1) is 6.10 Å². The molecule has 0 unspecified atom stereocenters. The Morgan fingerprint density at radius 1 is 1.35 bits per heavy atom. The first-order valence-electron chi connectivity index (χ1n) is 8.06. The molecule has 1 aliphatic heterocycles. The van der Waals surface area contributed by atoms with Crippen LogP contribution in [0.15, 0.2) is 30.3 Å². The van der Waals surface area contributed by atoms with E-state index in [4.69, 9.17) is 4.74 Å². The minimum Gasteiger partial charge on any atom is -0.443 e. The lowest BCUT2D eigenvalue weighted by Gasteiger charge is -2.36. The highest BCUT2D eigenvalue weighted by atomic mass is 16.6. The fourth-order valence-electron chi connectivity index (χ4n) is 2.80. The van der Waals surface area contributed by atoms with Crippen LogP contribution in [0.5, 0.6) is 0 Å². The Kier molecular flexibility index (Phi) is 5.42. The second kappa shape index (κ2) is 7.13. The number of carbonyl (C=O) groups is 2. The second-order valence-corrected chi connectivity index (χ2v) is 6.95. The van der Waals surface area contributed by atoms with Crippen molar-refractivity contribution in [3.05, 3.63) is 35.9 Å². The van der Waals surface area contributed by atoms with E-state index in [0.717, 1.165) is 12.0 Å². The molecular weight excluding hydrogens is 294 g/mol. The molecule has 0 radical (unpaired) electrons. The molecule has 2 atom stereocenters. The van der Waals surface area contributed by atoms with Crippen molar-refractivity contribution in [3.63, 3.8) is 0 Å². The lowest BCUT2D eigenvalue weighted by atomic mass is 9.94. The van der Waals surface area contributed by atoms with Crippen LogP contribution >= 0.6 is 0 Å². The summed E-state index contributed by atoms with van der Waals surface area (Å²) in [6.07, 6.45) is 0.759. The predicted molar refractivity (Wildman–Crippen MR) is 86.7 cm³/mol. The van der Waals surface area contributed by atoms with Crippen LogP contribution in [0.3, 0.4) is 0 Å². The average molecular weight is 319 g/mol. The molecule has 1 saturated heterocycles. The summed E-state index contributed by atoms with van der Waals surface area (Å²) >= 11 is 0. The van der Waals surface area contributed by atoms with E-state index in [2.05, 4.69) is 0 Å². The fraction of sp³-hybridized carbons (Fsp3) is 0.556. The zero-order valence-electron chi connectivity index (χ0n) is 14.0. The van der Waals surface area contributed by atoms with Gasteiger partial charge in [-0.1, -0.05) is 30.3 Å². The molecule has 1 heterocycles. The van der Waals surface area contributed by atoms with Gasteiger partial charge in [0, 0.05) is 12.5 Å². The quantitative estimate of drug-likeness (QED) is 0.927. The maximum Gasteiger partial charge on any atom is 0.417 e. The van der Waals surface area contributed by atoms with Crippen LogP contribution in [0.4, 0.5) is 4.79 Å². The van der Waals surface area contributed by atoms with E-state index in [1.807, 2.05) is 30.3 Å². The number of ether oxygens (including phenoxy) is 1. The van der Waals surface area contributed by atoms with Crippen molar-refractivity contribution in [1.29, 1.82) is 0 Å². The molecule has 1 aliphatic rings. The molecule has 0 saturated carbocycles. The van der Waals surface area contributed by atoms with Crippen molar-refractivity contribution in [2.45, 2.75) is 64.2 Å². The van der Waals surface area contributed by atoms with Crippen molar-refractivity contribution >= 4 is 12.0 Å². The topological polar surface area (TPSA) is 66.8 Å². The van der Waals surface area contributed by atoms with Crippen molar-refractivity contribution < 1.29 is 19.4 Å². The molecule has 1 fully saturated rings. The summed E-state index contributed by atoms with van der Waals surface area (Å²) in [7, 11) is 0. The van der Waals surface area contributed by atoms with Gasteiger partial charge < -0.3 is 9.84 Å². The number of aliphatic hydroxyl groups excluding tert-OH is 1. The Labute approximate surface area is 137 Å². The second-order valence-electron chi connectivity index (χ2n) is 6.95. The van der Waals surface area contributed by atoms with Crippen LogP contribution in [0.25, 0.3) is 0 Å². The van der Waals surface area contributed by atoms with Crippen LogP contribution in [0.2, 0.25) is 0 Å². The first kappa shape index (κ1) is 17.5. The van der Waals surface area contributed by atoms with E-state index in [1.165, 1.54) is 4.90 Å². The first-order valence-corrected chi connectivity index (χ1v) is 8.06. The first-order chi connectivity index (χ1) is 10.8. The average Bonchev–Trinajstić information content (AvgIpc) is 2.46. The molecule has 1 N–H and O–H groups in total. The van der Waals surface area contributed by atoms with Crippen LogP contribution < -0.4 is 0 Å². The van der Waals surface area contributed by atoms with E-state index in [-0.39, 0.29) is 11.9 Å². The van der Waals surface area contributed by atoms with Gasteiger partial charge in [-0.25, -0.2) is 9.69 Å². The Morgan fingerprint density at radius 2 is 2.00 bits per heavy atom. The van der Waals surface area contributed by atoms with Gasteiger partial charge in [0.2, 0.25) is 5.91 Å². The Hall–Kier alpha value is -1.88. The highest BCUT2D eigenvalue weighted by Gasteiger charge is 2.37. The van der Waals surface area contributed by atoms with E-state index in [1.54, 1.807) is 20.8 Å².